The van der Waals surface area contributed by atoms with Gasteiger partial charge in [-0.3, -0.25) is 4.79 Å². The van der Waals surface area contributed by atoms with E-state index in [-0.39, 0.29) is 11.4 Å². The van der Waals surface area contributed by atoms with E-state index in [1.807, 2.05) is 24.8 Å². The highest BCUT2D eigenvalue weighted by molar-refractivity contribution is 5.77. The summed E-state index contributed by atoms with van der Waals surface area (Å²) in [7, 11) is 0. The Hall–Kier alpha value is -2.06. The summed E-state index contributed by atoms with van der Waals surface area (Å²) in [5.41, 5.74) is 0.371. The van der Waals surface area contributed by atoms with Crippen molar-refractivity contribution < 1.29 is 14.3 Å². The Bertz CT molecular complexity index is 578. The maximum atomic E-state index is 12.3. The normalized spacial score (nSPS) is 16.7. The minimum atomic E-state index is -0.219. The Morgan fingerprint density at radius 3 is 3.00 bits per heavy atom. The van der Waals surface area contributed by atoms with Crippen LogP contribution in [0.1, 0.15) is 38.7 Å². The van der Waals surface area contributed by atoms with E-state index < -0.39 is 0 Å². The Balaban J connectivity index is 1.69. The molecule has 23 heavy (non-hydrogen) atoms. The second kappa shape index (κ2) is 7.98. The molecule has 5 heteroatoms. The summed E-state index contributed by atoms with van der Waals surface area (Å²) >= 11 is 0. The Labute approximate surface area is 137 Å². The minimum absolute atomic E-state index is 0.185. The topological polar surface area (TPSA) is 62.6 Å². The van der Waals surface area contributed by atoms with Crippen LogP contribution in [0.4, 0.5) is 0 Å². The van der Waals surface area contributed by atoms with E-state index in [2.05, 4.69) is 6.07 Å². The third-order valence-corrected chi connectivity index (χ3v) is 3.96. The maximum Gasteiger partial charge on any atom is 0.223 e. The molecule has 1 amide bonds. The van der Waals surface area contributed by atoms with Crippen LogP contribution in [0.15, 0.2) is 24.3 Å². The Morgan fingerprint density at radius 1 is 1.43 bits per heavy atom. The van der Waals surface area contributed by atoms with Crippen molar-refractivity contribution >= 4 is 5.91 Å². The molecule has 0 atom stereocenters. The van der Waals surface area contributed by atoms with Crippen molar-refractivity contribution in [3.8, 4) is 11.8 Å². The van der Waals surface area contributed by atoms with E-state index in [1.165, 1.54) is 0 Å². The summed E-state index contributed by atoms with van der Waals surface area (Å²) in [6.45, 7) is 6.51. The zero-order valence-corrected chi connectivity index (χ0v) is 13.9. The molecular weight excluding hydrogens is 292 g/mol. The molecule has 5 nitrogen and oxygen atoms in total. The van der Waals surface area contributed by atoms with Gasteiger partial charge in [-0.15, -0.1) is 0 Å². The first-order valence-corrected chi connectivity index (χ1v) is 8.04. The number of carbonyl (C=O) groups excluding carboxylic acids is 1. The molecule has 0 radical (unpaired) electrons. The van der Waals surface area contributed by atoms with E-state index >= 15 is 0 Å². The molecule has 0 unspecified atom stereocenters. The molecule has 0 N–H and O–H groups in total. The number of ether oxygens (including phenoxy) is 2. The molecule has 1 heterocycles. The van der Waals surface area contributed by atoms with E-state index in [0.29, 0.717) is 44.1 Å². The van der Waals surface area contributed by atoms with Crippen molar-refractivity contribution in [3.05, 3.63) is 29.8 Å². The number of amides is 1. The third kappa shape index (κ3) is 4.97. The van der Waals surface area contributed by atoms with Gasteiger partial charge in [0, 0.05) is 13.0 Å². The number of hydrogen-bond acceptors (Lipinski definition) is 4. The number of nitrogens with zero attached hydrogens (tertiary/aromatic N) is 2. The first-order valence-electron chi connectivity index (χ1n) is 8.04. The molecule has 0 bridgehead atoms. The van der Waals surface area contributed by atoms with Gasteiger partial charge in [0.25, 0.3) is 0 Å². The van der Waals surface area contributed by atoms with E-state index in [1.54, 1.807) is 18.2 Å². The number of benzene rings is 1. The molecule has 2 rings (SSSR count). The van der Waals surface area contributed by atoms with Gasteiger partial charge in [-0.1, -0.05) is 6.07 Å². The van der Waals surface area contributed by atoms with Crippen LogP contribution < -0.4 is 4.74 Å². The van der Waals surface area contributed by atoms with Gasteiger partial charge in [0.05, 0.1) is 37.0 Å². The highest BCUT2D eigenvalue weighted by atomic mass is 16.5. The number of carbonyl (C=O) groups is 1. The van der Waals surface area contributed by atoms with Crippen LogP contribution in [-0.4, -0.2) is 42.7 Å². The average Bonchev–Trinajstić information content (AvgIpc) is 2.54. The van der Waals surface area contributed by atoms with Crippen molar-refractivity contribution in [3.63, 3.8) is 0 Å². The van der Waals surface area contributed by atoms with Crippen LogP contribution in [0.3, 0.4) is 0 Å². The number of rotatable bonds is 6. The second-order valence-corrected chi connectivity index (χ2v) is 6.36. The van der Waals surface area contributed by atoms with Crippen molar-refractivity contribution in [1.29, 1.82) is 5.26 Å². The van der Waals surface area contributed by atoms with Gasteiger partial charge < -0.3 is 14.4 Å². The SMILES string of the molecule is CC1(C)COCCN1C(=O)CCCCOc1cccc(C#N)c1. The summed E-state index contributed by atoms with van der Waals surface area (Å²) in [4.78, 5) is 14.2. The quantitative estimate of drug-likeness (QED) is 0.757. The van der Waals surface area contributed by atoms with Gasteiger partial charge in [-0.25, -0.2) is 0 Å². The van der Waals surface area contributed by atoms with Crippen molar-refractivity contribution in [2.24, 2.45) is 0 Å². The van der Waals surface area contributed by atoms with Crippen molar-refractivity contribution in [1.82, 2.24) is 4.90 Å². The van der Waals surface area contributed by atoms with Gasteiger partial charge >= 0.3 is 0 Å². The molecule has 1 aliphatic heterocycles. The van der Waals surface area contributed by atoms with Crippen molar-refractivity contribution in [2.45, 2.75) is 38.6 Å². The van der Waals surface area contributed by atoms with E-state index in [4.69, 9.17) is 14.7 Å². The molecule has 124 valence electrons. The van der Waals surface area contributed by atoms with Crippen LogP contribution in [0.2, 0.25) is 0 Å². The molecule has 1 fully saturated rings. The fraction of sp³-hybridized carbons (Fsp3) is 0.556. The molecule has 0 saturated carbocycles. The second-order valence-electron chi connectivity index (χ2n) is 6.36. The summed E-state index contributed by atoms with van der Waals surface area (Å²) in [5.74, 6) is 0.884. The molecular formula is C18H24N2O3. The highest BCUT2D eigenvalue weighted by Gasteiger charge is 2.33. The smallest absolute Gasteiger partial charge is 0.223 e. The van der Waals surface area contributed by atoms with Gasteiger partial charge in [0.1, 0.15) is 5.75 Å². The summed E-state index contributed by atoms with van der Waals surface area (Å²) < 4.78 is 11.1. The predicted molar refractivity (Wildman–Crippen MR) is 87.1 cm³/mol. The van der Waals surface area contributed by atoms with Crippen LogP contribution in [-0.2, 0) is 9.53 Å². The fourth-order valence-corrected chi connectivity index (χ4v) is 2.68. The molecule has 1 saturated heterocycles. The van der Waals surface area contributed by atoms with Crippen LogP contribution in [0.25, 0.3) is 0 Å². The highest BCUT2D eigenvalue weighted by Crippen LogP contribution is 2.20. The molecule has 0 aromatic heterocycles. The number of morpholine rings is 1. The molecule has 0 aliphatic carbocycles. The zero-order valence-electron chi connectivity index (χ0n) is 13.9. The first-order chi connectivity index (χ1) is 11.0. The monoisotopic (exact) mass is 316 g/mol. The Morgan fingerprint density at radius 2 is 2.26 bits per heavy atom. The molecule has 1 aromatic carbocycles. The van der Waals surface area contributed by atoms with Gasteiger partial charge in [-0.05, 0) is 44.9 Å². The fourth-order valence-electron chi connectivity index (χ4n) is 2.68. The minimum Gasteiger partial charge on any atom is -0.494 e. The molecule has 1 aromatic rings. The lowest BCUT2D eigenvalue weighted by atomic mass is 10.0. The summed E-state index contributed by atoms with van der Waals surface area (Å²) in [5, 5.41) is 8.84. The summed E-state index contributed by atoms with van der Waals surface area (Å²) in [6.07, 6.45) is 2.14. The predicted octanol–water partition coefficient (Wildman–Crippen LogP) is 2.74. The lowest BCUT2D eigenvalue weighted by Crippen LogP contribution is -2.55. The lowest BCUT2D eigenvalue weighted by molar-refractivity contribution is -0.146. The number of hydrogen-bond donors (Lipinski definition) is 0. The number of nitriles is 1. The van der Waals surface area contributed by atoms with Gasteiger partial charge in [0.15, 0.2) is 0 Å². The van der Waals surface area contributed by atoms with Crippen LogP contribution >= 0.6 is 0 Å². The average molecular weight is 316 g/mol. The van der Waals surface area contributed by atoms with Crippen molar-refractivity contribution in [2.75, 3.05) is 26.4 Å². The van der Waals surface area contributed by atoms with Crippen LogP contribution in [0.5, 0.6) is 5.75 Å². The molecule has 0 spiro atoms. The van der Waals surface area contributed by atoms with Crippen LogP contribution in [0, 0.1) is 11.3 Å². The maximum absolute atomic E-state index is 12.3. The largest absolute Gasteiger partial charge is 0.494 e. The molecule has 1 aliphatic rings. The lowest BCUT2D eigenvalue weighted by Gasteiger charge is -2.42. The van der Waals surface area contributed by atoms with E-state index in [9.17, 15) is 4.79 Å². The van der Waals surface area contributed by atoms with E-state index in [0.717, 1.165) is 12.8 Å². The Kier molecular flexibility index (Phi) is 6.00. The van der Waals surface area contributed by atoms with Gasteiger partial charge in [-0.2, -0.15) is 5.26 Å². The zero-order chi connectivity index (χ0) is 16.7. The first kappa shape index (κ1) is 17.3. The van der Waals surface area contributed by atoms with Gasteiger partial charge in [0.2, 0.25) is 5.91 Å². The standard InChI is InChI=1S/C18H24N2O3/c1-18(2)14-22-11-9-20(18)17(21)8-3-4-10-23-16-7-5-6-15(12-16)13-19/h5-7,12H,3-4,8-11,14H2,1-2H3. The summed E-state index contributed by atoms with van der Waals surface area (Å²) in [6, 6.07) is 9.20. The third-order valence-electron chi connectivity index (χ3n) is 3.96. The number of unbranched alkanes of at least 4 members (excludes halogenated alkanes) is 1.